The summed E-state index contributed by atoms with van der Waals surface area (Å²) in [6.07, 6.45) is 1.48. The van der Waals surface area contributed by atoms with E-state index in [0.29, 0.717) is 11.2 Å². The van der Waals surface area contributed by atoms with Crippen LogP contribution in [0.25, 0.3) is 11.2 Å². The molecule has 7 heteroatoms. The summed E-state index contributed by atoms with van der Waals surface area (Å²) in [5.41, 5.74) is -0.181. The third-order valence-corrected chi connectivity index (χ3v) is 2.52. The molecular formula is C9H12N4O3. The van der Waals surface area contributed by atoms with Gasteiger partial charge >= 0.3 is 5.69 Å². The molecule has 0 bridgehead atoms. The summed E-state index contributed by atoms with van der Waals surface area (Å²) in [5.74, 6) is 0. The Hall–Kier alpha value is -1.89. The second-order valence-electron chi connectivity index (χ2n) is 3.55. The summed E-state index contributed by atoms with van der Waals surface area (Å²) < 4.78 is 3.86. The molecule has 2 rings (SSSR count). The smallest absolute Gasteiger partial charge is 0.332 e. The lowest BCUT2D eigenvalue weighted by atomic mass is 10.5. The molecule has 7 nitrogen and oxygen atoms in total. The van der Waals surface area contributed by atoms with Gasteiger partial charge in [-0.15, -0.1) is 0 Å². The van der Waals surface area contributed by atoms with Crippen molar-refractivity contribution in [2.45, 2.75) is 6.54 Å². The molecule has 0 saturated carbocycles. The fourth-order valence-electron chi connectivity index (χ4n) is 1.69. The molecule has 2 aromatic heterocycles. The fraction of sp³-hybridized carbons (Fsp3) is 0.444. The summed E-state index contributed by atoms with van der Waals surface area (Å²) >= 11 is 0. The molecule has 2 heterocycles. The second-order valence-corrected chi connectivity index (χ2v) is 3.55. The average molecular weight is 224 g/mol. The van der Waals surface area contributed by atoms with Gasteiger partial charge in [0.2, 0.25) is 0 Å². The summed E-state index contributed by atoms with van der Waals surface area (Å²) in [6, 6.07) is 0. The summed E-state index contributed by atoms with van der Waals surface area (Å²) in [4.78, 5) is 27.7. The van der Waals surface area contributed by atoms with Crippen molar-refractivity contribution in [1.29, 1.82) is 0 Å². The molecule has 1 N–H and O–H groups in total. The van der Waals surface area contributed by atoms with Crippen LogP contribution in [-0.2, 0) is 20.6 Å². The standard InChI is InChI=1S/C9H12N4O3/c1-11-5-10-7-6(11)8(15)13(3-4-14)9(16)12(7)2/h5,14H,3-4H2,1-2H3. The van der Waals surface area contributed by atoms with Gasteiger partial charge in [0.05, 0.1) is 19.5 Å². The van der Waals surface area contributed by atoms with E-state index in [1.807, 2.05) is 0 Å². The molecule has 86 valence electrons. The van der Waals surface area contributed by atoms with E-state index in [2.05, 4.69) is 4.98 Å². The average Bonchev–Trinajstić information content (AvgIpc) is 2.64. The van der Waals surface area contributed by atoms with Crippen LogP contribution in [0.4, 0.5) is 0 Å². The quantitative estimate of drug-likeness (QED) is 0.668. The molecule has 0 aliphatic carbocycles. The molecule has 0 aromatic carbocycles. The Labute approximate surface area is 90.2 Å². The normalized spacial score (nSPS) is 11.2. The van der Waals surface area contributed by atoms with E-state index in [4.69, 9.17) is 5.11 Å². The predicted molar refractivity (Wildman–Crippen MR) is 57.3 cm³/mol. The van der Waals surface area contributed by atoms with Crippen molar-refractivity contribution in [2.24, 2.45) is 14.1 Å². The molecule has 0 unspecified atom stereocenters. The van der Waals surface area contributed by atoms with Gasteiger partial charge in [-0.2, -0.15) is 0 Å². The summed E-state index contributed by atoms with van der Waals surface area (Å²) in [7, 11) is 3.23. The van der Waals surface area contributed by atoms with Crippen molar-refractivity contribution in [3.05, 3.63) is 27.2 Å². The summed E-state index contributed by atoms with van der Waals surface area (Å²) in [5, 5.41) is 8.82. The minimum Gasteiger partial charge on any atom is -0.395 e. The number of imidazole rings is 1. The lowest BCUT2D eigenvalue weighted by Gasteiger charge is -2.06. The van der Waals surface area contributed by atoms with Crippen LogP contribution in [0.5, 0.6) is 0 Å². The SMILES string of the molecule is Cn1cnc2c1c(=O)n(CCO)c(=O)n2C. The Morgan fingerprint density at radius 3 is 2.69 bits per heavy atom. The molecule has 0 spiro atoms. The van der Waals surface area contributed by atoms with Gasteiger partial charge in [0, 0.05) is 14.1 Å². The van der Waals surface area contributed by atoms with Crippen molar-refractivity contribution in [3.63, 3.8) is 0 Å². The largest absolute Gasteiger partial charge is 0.395 e. The van der Waals surface area contributed by atoms with Crippen LogP contribution >= 0.6 is 0 Å². The highest BCUT2D eigenvalue weighted by atomic mass is 16.3. The third kappa shape index (κ3) is 1.28. The van der Waals surface area contributed by atoms with Gasteiger partial charge in [-0.25, -0.2) is 9.78 Å². The predicted octanol–water partition coefficient (Wildman–Crippen LogP) is -1.57. The van der Waals surface area contributed by atoms with Gasteiger partial charge in [0.1, 0.15) is 0 Å². The first-order chi connectivity index (χ1) is 7.57. The lowest BCUT2D eigenvalue weighted by Crippen LogP contribution is -2.40. The maximum Gasteiger partial charge on any atom is 0.332 e. The van der Waals surface area contributed by atoms with E-state index in [9.17, 15) is 9.59 Å². The highest BCUT2D eigenvalue weighted by Crippen LogP contribution is 2.02. The minimum absolute atomic E-state index is 0.00731. The van der Waals surface area contributed by atoms with Crippen molar-refractivity contribution in [3.8, 4) is 0 Å². The molecule has 0 aliphatic rings. The van der Waals surface area contributed by atoms with E-state index in [0.717, 1.165) is 4.57 Å². The van der Waals surface area contributed by atoms with Crippen molar-refractivity contribution < 1.29 is 5.11 Å². The Kier molecular flexibility index (Phi) is 2.39. The molecule has 0 saturated heterocycles. The Morgan fingerprint density at radius 2 is 2.06 bits per heavy atom. The first-order valence-electron chi connectivity index (χ1n) is 4.79. The van der Waals surface area contributed by atoms with Crippen LogP contribution in [0.2, 0.25) is 0 Å². The molecule has 0 radical (unpaired) electrons. The zero-order chi connectivity index (χ0) is 11.9. The molecule has 0 aliphatic heterocycles. The number of hydrogen-bond acceptors (Lipinski definition) is 4. The van der Waals surface area contributed by atoms with E-state index in [-0.39, 0.29) is 13.2 Å². The van der Waals surface area contributed by atoms with Gasteiger partial charge in [-0.3, -0.25) is 13.9 Å². The van der Waals surface area contributed by atoms with Gasteiger partial charge in [-0.05, 0) is 0 Å². The highest BCUT2D eigenvalue weighted by molar-refractivity contribution is 5.69. The molecular weight excluding hydrogens is 212 g/mol. The van der Waals surface area contributed by atoms with Crippen molar-refractivity contribution in [1.82, 2.24) is 18.7 Å². The molecule has 16 heavy (non-hydrogen) atoms. The molecule has 0 atom stereocenters. The van der Waals surface area contributed by atoms with Crippen molar-refractivity contribution in [2.75, 3.05) is 6.61 Å². The number of fused-ring (bicyclic) bond motifs is 1. The van der Waals surface area contributed by atoms with Crippen LogP contribution in [0, 0.1) is 0 Å². The Bertz CT molecular complexity index is 649. The number of aliphatic hydroxyl groups excluding tert-OH is 1. The van der Waals surface area contributed by atoms with E-state index < -0.39 is 11.2 Å². The first kappa shape index (κ1) is 10.6. The first-order valence-corrected chi connectivity index (χ1v) is 4.79. The van der Waals surface area contributed by atoms with Crippen LogP contribution in [-0.4, -0.2) is 30.4 Å². The fourth-order valence-corrected chi connectivity index (χ4v) is 1.69. The molecule has 0 amide bonds. The number of aliphatic hydroxyl groups is 1. The van der Waals surface area contributed by atoms with Crippen LogP contribution in [0.3, 0.4) is 0 Å². The monoisotopic (exact) mass is 224 g/mol. The second kappa shape index (κ2) is 3.60. The summed E-state index contributed by atoms with van der Waals surface area (Å²) in [6.45, 7) is -0.259. The van der Waals surface area contributed by atoms with Crippen LogP contribution in [0.1, 0.15) is 0 Å². The molecule has 0 fully saturated rings. The van der Waals surface area contributed by atoms with E-state index >= 15 is 0 Å². The minimum atomic E-state index is -0.467. The lowest BCUT2D eigenvalue weighted by molar-refractivity contribution is 0.271. The highest BCUT2D eigenvalue weighted by Gasteiger charge is 2.13. The topological polar surface area (TPSA) is 82.1 Å². The van der Waals surface area contributed by atoms with Gasteiger partial charge in [0.25, 0.3) is 5.56 Å². The maximum absolute atomic E-state index is 12.0. The van der Waals surface area contributed by atoms with Crippen molar-refractivity contribution >= 4 is 11.2 Å². The molecule has 2 aromatic rings. The van der Waals surface area contributed by atoms with Gasteiger partial charge in [0.15, 0.2) is 11.2 Å². The van der Waals surface area contributed by atoms with Gasteiger partial charge < -0.3 is 9.67 Å². The number of nitrogens with zero attached hydrogens (tertiary/aromatic N) is 4. The number of hydrogen-bond donors (Lipinski definition) is 1. The Morgan fingerprint density at radius 1 is 1.38 bits per heavy atom. The van der Waals surface area contributed by atoms with Crippen LogP contribution in [0.15, 0.2) is 15.9 Å². The Balaban J connectivity index is 2.98. The van der Waals surface area contributed by atoms with Gasteiger partial charge in [-0.1, -0.05) is 0 Å². The van der Waals surface area contributed by atoms with E-state index in [1.165, 1.54) is 10.9 Å². The number of aromatic nitrogens is 4. The third-order valence-electron chi connectivity index (χ3n) is 2.52. The number of aryl methyl sites for hydroxylation is 2. The van der Waals surface area contributed by atoms with E-state index in [1.54, 1.807) is 18.7 Å². The maximum atomic E-state index is 12.0. The van der Waals surface area contributed by atoms with Crippen LogP contribution < -0.4 is 11.2 Å². The zero-order valence-corrected chi connectivity index (χ0v) is 9.04. The number of rotatable bonds is 2. The zero-order valence-electron chi connectivity index (χ0n) is 9.04.